The van der Waals surface area contributed by atoms with Gasteiger partial charge >= 0.3 is 0 Å². The number of carbonyl (C=O) groups is 1. The Balaban J connectivity index is 2.82. The summed E-state index contributed by atoms with van der Waals surface area (Å²) in [4.78, 5) is 11.6. The first-order valence-electron chi connectivity index (χ1n) is 7.40. The van der Waals surface area contributed by atoms with Crippen molar-refractivity contribution < 1.29 is 14.3 Å². The number of nitrogens with two attached hydrogens (primary N) is 1. The van der Waals surface area contributed by atoms with Crippen LogP contribution in [0.25, 0.3) is 0 Å². The van der Waals surface area contributed by atoms with Gasteiger partial charge in [0.1, 0.15) is 12.4 Å². The van der Waals surface area contributed by atoms with Crippen molar-refractivity contribution in [3.05, 3.63) is 23.8 Å². The highest BCUT2D eigenvalue weighted by atomic mass is 16.5. The normalized spacial score (nSPS) is 12.0. The summed E-state index contributed by atoms with van der Waals surface area (Å²) in [7, 11) is 1.49. The predicted octanol–water partition coefficient (Wildman–Crippen LogP) is 2.34. The van der Waals surface area contributed by atoms with Gasteiger partial charge in [0.2, 0.25) is 5.91 Å². The van der Waals surface area contributed by atoms with Crippen molar-refractivity contribution in [2.75, 3.05) is 25.6 Å². The molecule has 0 aliphatic carbocycles. The Morgan fingerprint density at radius 3 is 2.76 bits per heavy atom. The number of benzene rings is 1. The van der Waals surface area contributed by atoms with Crippen molar-refractivity contribution in [1.82, 2.24) is 0 Å². The van der Waals surface area contributed by atoms with Crippen molar-refractivity contribution in [2.45, 2.75) is 39.2 Å². The molecule has 1 unspecified atom stereocenters. The molecular formula is C16H26N2O3. The van der Waals surface area contributed by atoms with Crippen LogP contribution in [-0.2, 0) is 16.0 Å². The van der Waals surface area contributed by atoms with E-state index >= 15 is 0 Å². The largest absolute Gasteiger partial charge is 0.492 e. The molecule has 118 valence electrons. The van der Waals surface area contributed by atoms with Gasteiger partial charge in [0.05, 0.1) is 12.3 Å². The van der Waals surface area contributed by atoms with E-state index in [-0.39, 0.29) is 18.6 Å². The first-order chi connectivity index (χ1) is 10.1. The molecule has 0 saturated carbocycles. The Bertz CT molecular complexity index is 449. The third kappa shape index (κ3) is 6.14. The van der Waals surface area contributed by atoms with Gasteiger partial charge in [0, 0.05) is 13.2 Å². The molecular weight excluding hydrogens is 268 g/mol. The Morgan fingerprint density at radius 1 is 1.38 bits per heavy atom. The highest BCUT2D eigenvalue weighted by molar-refractivity contribution is 5.93. The fourth-order valence-electron chi connectivity index (χ4n) is 2.16. The molecule has 1 aromatic rings. The third-order valence-electron chi connectivity index (χ3n) is 3.05. The standard InChI is InChI=1S/C16H26N2O3/c1-4-6-13(17)9-12-7-8-14(15(10-12)21-5-2)18-16(19)11-20-3/h7-8,10,13H,4-6,9,11,17H2,1-3H3,(H,18,19). The van der Waals surface area contributed by atoms with Crippen LogP contribution in [0.3, 0.4) is 0 Å². The highest BCUT2D eigenvalue weighted by Crippen LogP contribution is 2.26. The summed E-state index contributed by atoms with van der Waals surface area (Å²) in [5, 5.41) is 2.78. The molecule has 1 rings (SSSR count). The fourth-order valence-corrected chi connectivity index (χ4v) is 2.16. The molecule has 5 nitrogen and oxygen atoms in total. The van der Waals surface area contributed by atoms with E-state index in [1.807, 2.05) is 25.1 Å². The number of hydrogen-bond acceptors (Lipinski definition) is 4. The quantitative estimate of drug-likeness (QED) is 0.733. The lowest BCUT2D eigenvalue weighted by Crippen LogP contribution is -2.22. The number of hydrogen-bond donors (Lipinski definition) is 2. The number of carbonyl (C=O) groups excluding carboxylic acids is 1. The van der Waals surface area contributed by atoms with Crippen LogP contribution in [0, 0.1) is 0 Å². The number of amides is 1. The van der Waals surface area contributed by atoms with Crippen LogP contribution in [0.2, 0.25) is 0 Å². The Hall–Kier alpha value is -1.59. The molecule has 5 heteroatoms. The molecule has 0 radical (unpaired) electrons. The minimum atomic E-state index is -0.200. The summed E-state index contributed by atoms with van der Waals surface area (Å²) in [6, 6.07) is 5.92. The lowest BCUT2D eigenvalue weighted by Gasteiger charge is -2.15. The minimum absolute atomic E-state index is 0.0225. The fraction of sp³-hybridized carbons (Fsp3) is 0.562. The number of rotatable bonds is 9. The zero-order valence-electron chi connectivity index (χ0n) is 13.1. The molecule has 21 heavy (non-hydrogen) atoms. The van der Waals surface area contributed by atoms with E-state index in [0.717, 1.165) is 24.8 Å². The Labute approximate surface area is 126 Å². The van der Waals surface area contributed by atoms with E-state index in [0.29, 0.717) is 18.0 Å². The maximum Gasteiger partial charge on any atom is 0.250 e. The molecule has 0 aromatic heterocycles. The number of anilines is 1. The molecule has 0 fully saturated rings. The van der Waals surface area contributed by atoms with Crippen LogP contribution in [0.15, 0.2) is 18.2 Å². The lowest BCUT2D eigenvalue weighted by atomic mass is 10.0. The van der Waals surface area contributed by atoms with Gasteiger partial charge in [-0.3, -0.25) is 4.79 Å². The van der Waals surface area contributed by atoms with Gasteiger partial charge in [-0.05, 0) is 37.5 Å². The van der Waals surface area contributed by atoms with Gasteiger partial charge in [0.15, 0.2) is 0 Å². The highest BCUT2D eigenvalue weighted by Gasteiger charge is 2.10. The van der Waals surface area contributed by atoms with Crippen molar-refractivity contribution in [3.8, 4) is 5.75 Å². The number of ether oxygens (including phenoxy) is 2. The predicted molar refractivity (Wildman–Crippen MR) is 84.7 cm³/mol. The molecule has 0 aliphatic rings. The van der Waals surface area contributed by atoms with Crippen LogP contribution in [0.4, 0.5) is 5.69 Å². The van der Waals surface area contributed by atoms with Crippen molar-refractivity contribution in [2.24, 2.45) is 5.73 Å². The molecule has 0 spiro atoms. The SMILES string of the molecule is CCCC(N)Cc1ccc(NC(=O)COC)c(OCC)c1. The van der Waals surface area contributed by atoms with Gasteiger partial charge in [0.25, 0.3) is 0 Å². The van der Waals surface area contributed by atoms with Crippen molar-refractivity contribution in [1.29, 1.82) is 0 Å². The zero-order valence-corrected chi connectivity index (χ0v) is 13.1. The summed E-state index contributed by atoms with van der Waals surface area (Å²) >= 11 is 0. The van der Waals surface area contributed by atoms with Crippen molar-refractivity contribution >= 4 is 11.6 Å². The number of methoxy groups -OCH3 is 1. The van der Waals surface area contributed by atoms with E-state index in [9.17, 15) is 4.79 Å². The molecule has 0 aliphatic heterocycles. The van der Waals surface area contributed by atoms with Gasteiger partial charge in [-0.2, -0.15) is 0 Å². The van der Waals surface area contributed by atoms with E-state index in [1.54, 1.807) is 0 Å². The molecule has 3 N–H and O–H groups in total. The van der Waals surface area contributed by atoms with Crippen LogP contribution in [0.5, 0.6) is 5.75 Å². The summed E-state index contributed by atoms with van der Waals surface area (Å²) in [6.45, 7) is 4.60. The third-order valence-corrected chi connectivity index (χ3v) is 3.05. The summed E-state index contributed by atoms with van der Waals surface area (Å²) in [5.41, 5.74) is 7.85. The zero-order chi connectivity index (χ0) is 15.7. The maximum absolute atomic E-state index is 11.6. The lowest BCUT2D eigenvalue weighted by molar-refractivity contribution is -0.119. The van der Waals surface area contributed by atoms with E-state index < -0.39 is 0 Å². The van der Waals surface area contributed by atoms with Gasteiger partial charge < -0.3 is 20.5 Å². The topological polar surface area (TPSA) is 73.6 Å². The summed E-state index contributed by atoms with van der Waals surface area (Å²) in [6.07, 6.45) is 2.88. The second-order valence-corrected chi connectivity index (χ2v) is 5.00. The van der Waals surface area contributed by atoms with Gasteiger partial charge in [-0.15, -0.1) is 0 Å². The van der Waals surface area contributed by atoms with Crippen LogP contribution in [0.1, 0.15) is 32.3 Å². The van der Waals surface area contributed by atoms with E-state index in [4.69, 9.17) is 15.2 Å². The van der Waals surface area contributed by atoms with Gasteiger partial charge in [-0.25, -0.2) is 0 Å². The average molecular weight is 294 g/mol. The monoisotopic (exact) mass is 294 g/mol. The Kier molecular flexibility index (Phi) is 7.79. The second kappa shape index (κ2) is 9.37. The van der Waals surface area contributed by atoms with E-state index in [1.165, 1.54) is 7.11 Å². The second-order valence-electron chi connectivity index (χ2n) is 5.00. The van der Waals surface area contributed by atoms with Gasteiger partial charge in [-0.1, -0.05) is 19.4 Å². The molecule has 1 atom stereocenters. The van der Waals surface area contributed by atoms with E-state index in [2.05, 4.69) is 12.2 Å². The molecule has 0 bridgehead atoms. The van der Waals surface area contributed by atoms with Crippen LogP contribution >= 0.6 is 0 Å². The average Bonchev–Trinajstić information content (AvgIpc) is 2.42. The van der Waals surface area contributed by atoms with Crippen molar-refractivity contribution in [3.63, 3.8) is 0 Å². The van der Waals surface area contributed by atoms with Crippen LogP contribution in [-0.4, -0.2) is 32.3 Å². The smallest absolute Gasteiger partial charge is 0.250 e. The van der Waals surface area contributed by atoms with Crippen LogP contribution < -0.4 is 15.8 Å². The molecule has 1 aromatic carbocycles. The molecule has 1 amide bonds. The summed E-state index contributed by atoms with van der Waals surface area (Å²) < 4.78 is 10.4. The molecule has 0 saturated heterocycles. The summed E-state index contributed by atoms with van der Waals surface area (Å²) in [5.74, 6) is 0.469. The number of nitrogens with one attached hydrogen (secondary N) is 1. The minimum Gasteiger partial charge on any atom is -0.492 e. The Morgan fingerprint density at radius 2 is 2.14 bits per heavy atom. The first kappa shape index (κ1) is 17.5. The molecule has 0 heterocycles. The maximum atomic E-state index is 11.6. The first-order valence-corrected chi connectivity index (χ1v) is 7.40.